The first kappa shape index (κ1) is 25.5. The summed E-state index contributed by atoms with van der Waals surface area (Å²) in [4.78, 5) is 40.0. The molecule has 2 aromatic carbocycles. The topological polar surface area (TPSA) is 137 Å². The van der Waals surface area contributed by atoms with Crippen LogP contribution in [0, 0.1) is 22.9 Å². The number of para-hydroxylation sites is 1. The molecule has 10 nitrogen and oxygen atoms in total. The van der Waals surface area contributed by atoms with E-state index in [1.807, 2.05) is 0 Å². The van der Waals surface area contributed by atoms with E-state index in [4.69, 9.17) is 9.26 Å². The molecule has 1 atom stereocenters. The largest absolute Gasteiger partial charge is 0.463 e. The molecule has 1 aromatic heterocycles. The molecule has 11 heteroatoms. The lowest BCUT2D eigenvalue weighted by Crippen LogP contribution is -2.31. The van der Waals surface area contributed by atoms with E-state index in [2.05, 4.69) is 15.5 Å². The molecule has 0 bridgehead atoms. The zero-order valence-corrected chi connectivity index (χ0v) is 19.5. The van der Waals surface area contributed by atoms with Gasteiger partial charge in [-0.3, -0.25) is 19.7 Å². The third-order valence-electron chi connectivity index (χ3n) is 5.05. The number of nitrogens with zero attached hydrogens (tertiary/aromatic N) is 3. The molecule has 35 heavy (non-hydrogen) atoms. The zero-order chi connectivity index (χ0) is 25.5. The Morgan fingerprint density at radius 3 is 2.66 bits per heavy atom. The van der Waals surface area contributed by atoms with Crippen LogP contribution >= 0.6 is 0 Å². The smallest absolute Gasteiger partial charge is 0.308 e. The van der Waals surface area contributed by atoms with E-state index in [-0.39, 0.29) is 48.3 Å². The SMILES string of the molecule is Cc1ccc(-c2noc(CCC(=O)NC(CC(=O)OC(C)C)c3ccccc3[N+](=O)[O-])n2)cc1F. The van der Waals surface area contributed by atoms with Gasteiger partial charge in [-0.25, -0.2) is 4.39 Å². The van der Waals surface area contributed by atoms with Crippen LogP contribution in [0.1, 0.15) is 49.7 Å². The number of nitro groups is 1. The Hall–Kier alpha value is -4.15. The van der Waals surface area contributed by atoms with Crippen molar-refractivity contribution in [3.05, 3.63) is 75.4 Å². The fraction of sp³-hybridized carbons (Fsp3) is 0.333. The number of hydrogen-bond acceptors (Lipinski definition) is 8. The molecule has 0 saturated carbocycles. The first-order chi connectivity index (χ1) is 16.6. The maximum Gasteiger partial charge on any atom is 0.308 e. The molecule has 3 rings (SSSR count). The molecule has 0 radical (unpaired) electrons. The van der Waals surface area contributed by atoms with Gasteiger partial charge < -0.3 is 14.6 Å². The van der Waals surface area contributed by atoms with Gasteiger partial charge in [-0.15, -0.1) is 0 Å². The Balaban J connectivity index is 1.70. The number of nitrogens with one attached hydrogen (secondary N) is 1. The summed E-state index contributed by atoms with van der Waals surface area (Å²) in [5, 5.41) is 18.0. The number of halogens is 1. The summed E-state index contributed by atoms with van der Waals surface area (Å²) in [6.45, 7) is 5.00. The monoisotopic (exact) mass is 484 g/mol. The Morgan fingerprint density at radius 1 is 1.23 bits per heavy atom. The lowest BCUT2D eigenvalue weighted by Gasteiger charge is -2.19. The van der Waals surface area contributed by atoms with E-state index in [0.29, 0.717) is 11.1 Å². The Morgan fingerprint density at radius 2 is 1.97 bits per heavy atom. The zero-order valence-electron chi connectivity index (χ0n) is 19.5. The van der Waals surface area contributed by atoms with Crippen molar-refractivity contribution in [2.45, 2.75) is 52.2 Å². The van der Waals surface area contributed by atoms with Crippen molar-refractivity contribution in [2.75, 3.05) is 0 Å². The summed E-state index contributed by atoms with van der Waals surface area (Å²) in [7, 11) is 0. The lowest BCUT2D eigenvalue weighted by molar-refractivity contribution is -0.385. The Kier molecular flexibility index (Phi) is 8.24. The van der Waals surface area contributed by atoms with Crippen LogP contribution in [-0.4, -0.2) is 33.0 Å². The van der Waals surface area contributed by atoms with Gasteiger partial charge in [-0.05, 0) is 32.4 Å². The molecule has 3 aromatic rings. The van der Waals surface area contributed by atoms with Gasteiger partial charge in [-0.2, -0.15) is 4.98 Å². The van der Waals surface area contributed by atoms with Crippen LogP contribution in [-0.2, 0) is 20.7 Å². The van der Waals surface area contributed by atoms with Gasteiger partial charge in [0.1, 0.15) is 5.82 Å². The van der Waals surface area contributed by atoms with Crippen LogP contribution in [0.4, 0.5) is 10.1 Å². The highest BCUT2D eigenvalue weighted by atomic mass is 19.1. The maximum absolute atomic E-state index is 13.8. The van der Waals surface area contributed by atoms with Crippen LogP contribution in [0.15, 0.2) is 47.0 Å². The predicted molar refractivity (Wildman–Crippen MR) is 123 cm³/mol. The predicted octanol–water partition coefficient (Wildman–Crippen LogP) is 4.22. The van der Waals surface area contributed by atoms with E-state index >= 15 is 0 Å². The van der Waals surface area contributed by atoms with Crippen LogP contribution in [0.3, 0.4) is 0 Å². The summed E-state index contributed by atoms with van der Waals surface area (Å²) >= 11 is 0. The van der Waals surface area contributed by atoms with E-state index in [0.717, 1.165) is 0 Å². The molecule has 0 aliphatic carbocycles. The van der Waals surface area contributed by atoms with Crippen molar-refractivity contribution in [1.29, 1.82) is 0 Å². The molecule has 1 amide bonds. The highest BCUT2D eigenvalue weighted by Crippen LogP contribution is 2.28. The minimum Gasteiger partial charge on any atom is -0.463 e. The number of carbonyl (C=O) groups excluding carboxylic acids is 2. The minimum absolute atomic E-state index is 0.0766. The van der Waals surface area contributed by atoms with Gasteiger partial charge in [0.05, 0.1) is 29.1 Å². The van der Waals surface area contributed by atoms with Crippen molar-refractivity contribution in [3.63, 3.8) is 0 Å². The third-order valence-corrected chi connectivity index (χ3v) is 5.05. The van der Waals surface area contributed by atoms with Gasteiger partial charge in [0.15, 0.2) is 0 Å². The molecule has 1 heterocycles. The van der Waals surface area contributed by atoms with Crippen molar-refractivity contribution in [3.8, 4) is 11.4 Å². The highest BCUT2D eigenvalue weighted by Gasteiger charge is 2.26. The molecule has 0 spiro atoms. The number of rotatable bonds is 10. The van der Waals surface area contributed by atoms with Crippen LogP contribution in [0.5, 0.6) is 0 Å². The van der Waals surface area contributed by atoms with Gasteiger partial charge >= 0.3 is 5.97 Å². The normalized spacial score (nSPS) is 11.8. The Labute approximate surface area is 200 Å². The number of benzene rings is 2. The van der Waals surface area contributed by atoms with Crippen molar-refractivity contribution in [1.82, 2.24) is 15.5 Å². The molecule has 0 aliphatic heterocycles. The summed E-state index contributed by atoms with van der Waals surface area (Å²) in [5.74, 6) is -1.13. The van der Waals surface area contributed by atoms with Gasteiger partial charge in [0.2, 0.25) is 17.6 Å². The van der Waals surface area contributed by atoms with Gasteiger partial charge in [0, 0.05) is 24.5 Å². The summed E-state index contributed by atoms with van der Waals surface area (Å²) < 4.78 is 24.1. The highest BCUT2D eigenvalue weighted by molar-refractivity contribution is 5.78. The first-order valence-corrected chi connectivity index (χ1v) is 10.9. The number of amides is 1. The van der Waals surface area contributed by atoms with Crippen molar-refractivity contribution in [2.24, 2.45) is 0 Å². The first-order valence-electron chi connectivity index (χ1n) is 10.9. The second kappa shape index (κ2) is 11.3. The molecule has 0 fully saturated rings. The van der Waals surface area contributed by atoms with Gasteiger partial charge in [-0.1, -0.05) is 35.5 Å². The summed E-state index contributed by atoms with van der Waals surface area (Å²) in [5.41, 5.74) is 0.891. The van der Waals surface area contributed by atoms with E-state index in [1.165, 1.54) is 24.3 Å². The minimum atomic E-state index is -0.968. The molecule has 1 N–H and O–H groups in total. The lowest BCUT2D eigenvalue weighted by atomic mass is 10.0. The van der Waals surface area contributed by atoms with Crippen LogP contribution < -0.4 is 5.32 Å². The number of hydrogen-bond donors (Lipinski definition) is 1. The second-order valence-electron chi connectivity index (χ2n) is 8.15. The number of aromatic nitrogens is 2. The standard InChI is InChI=1S/C24H25FN4O6/c1-14(2)34-23(31)13-19(17-6-4-5-7-20(17)29(32)33)26-21(30)10-11-22-27-24(28-35-22)16-9-8-15(3)18(25)12-16/h4-9,12,14,19H,10-11,13H2,1-3H3,(H,26,30). The average molecular weight is 484 g/mol. The summed E-state index contributed by atoms with van der Waals surface area (Å²) in [6.07, 6.45) is -0.662. The average Bonchev–Trinajstić information content (AvgIpc) is 3.27. The molecule has 0 aliphatic rings. The third kappa shape index (κ3) is 6.92. The van der Waals surface area contributed by atoms with E-state index in [9.17, 15) is 24.1 Å². The fourth-order valence-corrected chi connectivity index (χ4v) is 3.36. The maximum atomic E-state index is 13.8. The fourth-order valence-electron chi connectivity index (χ4n) is 3.36. The number of carbonyl (C=O) groups is 2. The van der Waals surface area contributed by atoms with E-state index < -0.39 is 28.7 Å². The number of nitro benzene ring substituents is 1. The summed E-state index contributed by atoms with van der Waals surface area (Å²) in [6, 6.07) is 9.46. The number of aryl methyl sites for hydroxylation is 2. The Bertz CT molecular complexity index is 1230. The van der Waals surface area contributed by atoms with Crippen molar-refractivity contribution < 1.29 is 28.2 Å². The van der Waals surface area contributed by atoms with Crippen molar-refractivity contribution >= 4 is 17.6 Å². The van der Waals surface area contributed by atoms with Crippen LogP contribution in [0.25, 0.3) is 11.4 Å². The molecule has 184 valence electrons. The quantitative estimate of drug-likeness (QED) is 0.256. The second-order valence-corrected chi connectivity index (χ2v) is 8.15. The van der Waals surface area contributed by atoms with Gasteiger partial charge in [0.25, 0.3) is 5.69 Å². The number of esters is 1. The van der Waals surface area contributed by atoms with Crippen LogP contribution in [0.2, 0.25) is 0 Å². The molecule has 0 saturated heterocycles. The number of ether oxygens (including phenoxy) is 1. The molecular weight excluding hydrogens is 459 g/mol. The molecule has 1 unspecified atom stereocenters. The van der Waals surface area contributed by atoms with E-state index in [1.54, 1.807) is 39.0 Å². The molecular formula is C24H25FN4O6.